The number of aliphatic carboxylic acids is 2. The third-order valence-electron chi connectivity index (χ3n) is 1.94. The first-order valence-electron chi connectivity index (χ1n) is 5.06. The van der Waals surface area contributed by atoms with Crippen LogP contribution in [0, 0.1) is 5.82 Å². The molecule has 19 heavy (non-hydrogen) atoms. The lowest BCUT2D eigenvalue weighted by Gasteiger charge is -2.10. The van der Waals surface area contributed by atoms with E-state index in [0.717, 1.165) is 6.07 Å². The Morgan fingerprint density at radius 3 is 2.21 bits per heavy atom. The molecule has 8 heteroatoms. The third-order valence-corrected chi connectivity index (χ3v) is 1.94. The van der Waals surface area contributed by atoms with E-state index in [1.807, 2.05) is 0 Å². The summed E-state index contributed by atoms with van der Waals surface area (Å²) in [5.41, 5.74) is 0.494. The molecule has 0 amide bonds. The van der Waals surface area contributed by atoms with E-state index in [2.05, 4.69) is 5.32 Å². The van der Waals surface area contributed by atoms with Gasteiger partial charge in [-0.1, -0.05) is 6.07 Å². The quantitative estimate of drug-likeness (QED) is 0.489. The molecule has 106 valence electrons. The predicted molar refractivity (Wildman–Crippen MR) is 62.2 cm³/mol. The highest BCUT2D eigenvalue weighted by Gasteiger charge is 2.08. The number of likely N-dealkylation sites (N-methyl/N-ethyl adjacent to an activating group) is 1. The Morgan fingerprint density at radius 1 is 1.32 bits per heavy atom. The molecule has 5 N–H and O–H groups in total. The van der Waals surface area contributed by atoms with Crippen molar-refractivity contribution < 1.29 is 34.4 Å². The Balaban J connectivity index is 0.000000459. The molecule has 1 unspecified atom stereocenters. The molecule has 1 aromatic carbocycles. The SMILES string of the molecule is CNCC(O)c1ccc(F)c(O)c1.O=C(O)C(=O)O. The second-order valence-electron chi connectivity index (χ2n) is 3.39. The van der Waals surface area contributed by atoms with Crippen LogP contribution in [0.2, 0.25) is 0 Å². The number of phenolic OH excluding ortho intramolecular Hbond substituents is 1. The largest absolute Gasteiger partial charge is 0.505 e. The molecule has 1 aromatic rings. The minimum absolute atomic E-state index is 0.366. The van der Waals surface area contributed by atoms with Gasteiger partial charge in [0.1, 0.15) is 0 Å². The number of hydrogen-bond acceptors (Lipinski definition) is 5. The zero-order valence-electron chi connectivity index (χ0n) is 10.00. The Labute approximate surface area is 107 Å². The van der Waals surface area contributed by atoms with Crippen molar-refractivity contribution in [1.82, 2.24) is 5.32 Å². The topological polar surface area (TPSA) is 127 Å². The van der Waals surface area contributed by atoms with Gasteiger partial charge in [-0.05, 0) is 24.7 Å². The van der Waals surface area contributed by atoms with Crippen LogP contribution in [0.5, 0.6) is 5.75 Å². The normalized spacial score (nSPS) is 11.1. The van der Waals surface area contributed by atoms with Gasteiger partial charge in [0.25, 0.3) is 0 Å². The lowest BCUT2D eigenvalue weighted by atomic mass is 10.1. The molecule has 0 aliphatic heterocycles. The molecule has 0 radical (unpaired) electrons. The Kier molecular flexibility index (Phi) is 7.08. The van der Waals surface area contributed by atoms with Gasteiger partial charge in [0.15, 0.2) is 11.6 Å². The smallest absolute Gasteiger partial charge is 0.414 e. The standard InChI is InChI=1S/C9H12FNO2.C2H2O4/c1-11-5-9(13)6-2-3-7(10)8(12)4-6;3-1(4)2(5)6/h2-4,9,11-13H,5H2,1H3;(H,3,4)(H,5,6). The van der Waals surface area contributed by atoms with Crippen molar-refractivity contribution in [2.45, 2.75) is 6.10 Å². The van der Waals surface area contributed by atoms with Crippen molar-refractivity contribution in [1.29, 1.82) is 0 Å². The summed E-state index contributed by atoms with van der Waals surface area (Å²) in [5, 5.41) is 36.0. The van der Waals surface area contributed by atoms with E-state index in [1.165, 1.54) is 12.1 Å². The number of hydrogen-bond donors (Lipinski definition) is 5. The molecule has 0 saturated heterocycles. The van der Waals surface area contributed by atoms with Gasteiger partial charge in [0, 0.05) is 6.54 Å². The average molecular weight is 275 g/mol. The van der Waals surface area contributed by atoms with E-state index < -0.39 is 29.6 Å². The maximum absolute atomic E-state index is 12.6. The summed E-state index contributed by atoms with van der Waals surface area (Å²) in [6.45, 7) is 0.366. The highest BCUT2D eigenvalue weighted by atomic mass is 19.1. The first kappa shape index (κ1) is 16.8. The summed E-state index contributed by atoms with van der Waals surface area (Å²) in [5.74, 6) is -4.77. The fourth-order valence-electron chi connectivity index (χ4n) is 1.05. The average Bonchev–Trinajstić information content (AvgIpc) is 2.33. The number of aromatic hydroxyl groups is 1. The van der Waals surface area contributed by atoms with Crippen molar-refractivity contribution in [3.8, 4) is 5.75 Å². The first-order valence-corrected chi connectivity index (χ1v) is 5.06. The highest BCUT2D eigenvalue weighted by Crippen LogP contribution is 2.20. The number of carboxylic acid groups (broad SMARTS) is 2. The van der Waals surface area contributed by atoms with Gasteiger partial charge in [0.05, 0.1) is 6.10 Å². The summed E-state index contributed by atoms with van der Waals surface area (Å²) in [4.78, 5) is 18.2. The lowest BCUT2D eigenvalue weighted by molar-refractivity contribution is -0.159. The van der Waals surface area contributed by atoms with E-state index in [-0.39, 0.29) is 0 Å². The number of aliphatic hydroxyl groups excluding tert-OH is 1. The van der Waals surface area contributed by atoms with Crippen LogP contribution >= 0.6 is 0 Å². The van der Waals surface area contributed by atoms with Crippen LogP contribution in [0.4, 0.5) is 4.39 Å². The minimum Gasteiger partial charge on any atom is -0.505 e. The van der Waals surface area contributed by atoms with Gasteiger partial charge in [0.2, 0.25) is 0 Å². The minimum atomic E-state index is -1.82. The fraction of sp³-hybridized carbons (Fsp3) is 0.273. The maximum atomic E-state index is 12.6. The molecule has 0 aliphatic carbocycles. The summed E-state index contributed by atoms with van der Waals surface area (Å²) >= 11 is 0. The van der Waals surface area contributed by atoms with Gasteiger partial charge in [-0.15, -0.1) is 0 Å². The molecule has 0 heterocycles. The number of aliphatic hydroxyl groups is 1. The van der Waals surface area contributed by atoms with Crippen LogP contribution in [0.3, 0.4) is 0 Å². The molecule has 0 saturated carbocycles. The van der Waals surface area contributed by atoms with E-state index in [9.17, 15) is 9.50 Å². The number of halogens is 1. The molecule has 0 aromatic heterocycles. The lowest BCUT2D eigenvalue weighted by Crippen LogP contribution is -2.16. The van der Waals surface area contributed by atoms with Gasteiger partial charge in [-0.2, -0.15) is 0 Å². The van der Waals surface area contributed by atoms with E-state index >= 15 is 0 Å². The molecule has 0 fully saturated rings. The van der Waals surface area contributed by atoms with Gasteiger partial charge < -0.3 is 25.7 Å². The number of carboxylic acids is 2. The molecule has 7 nitrogen and oxygen atoms in total. The first-order chi connectivity index (χ1) is 8.79. The van der Waals surface area contributed by atoms with Gasteiger partial charge in [-0.3, -0.25) is 0 Å². The Hall–Kier alpha value is -2.19. The molecule has 0 aliphatic rings. The number of benzene rings is 1. The number of nitrogens with one attached hydrogen (secondary N) is 1. The highest BCUT2D eigenvalue weighted by molar-refractivity contribution is 6.27. The predicted octanol–water partition coefficient (Wildman–Crippen LogP) is -0.0603. The van der Waals surface area contributed by atoms with Gasteiger partial charge >= 0.3 is 11.9 Å². The van der Waals surface area contributed by atoms with E-state index in [0.29, 0.717) is 12.1 Å². The number of phenols is 1. The monoisotopic (exact) mass is 275 g/mol. The summed E-state index contributed by atoms with van der Waals surface area (Å²) in [7, 11) is 1.70. The van der Waals surface area contributed by atoms with Crippen molar-refractivity contribution >= 4 is 11.9 Å². The molecule has 1 rings (SSSR count). The summed E-state index contributed by atoms with van der Waals surface area (Å²) < 4.78 is 12.6. The fourth-order valence-corrected chi connectivity index (χ4v) is 1.05. The van der Waals surface area contributed by atoms with Crippen LogP contribution in [-0.2, 0) is 9.59 Å². The zero-order chi connectivity index (χ0) is 15.0. The zero-order valence-corrected chi connectivity index (χ0v) is 10.00. The van der Waals surface area contributed by atoms with Crippen molar-refractivity contribution in [2.24, 2.45) is 0 Å². The van der Waals surface area contributed by atoms with Crippen LogP contribution in [0.1, 0.15) is 11.7 Å². The third kappa shape index (κ3) is 6.34. The number of carbonyl (C=O) groups is 2. The van der Waals surface area contributed by atoms with Crippen LogP contribution in [0.15, 0.2) is 18.2 Å². The molecule has 0 bridgehead atoms. The van der Waals surface area contributed by atoms with Crippen molar-refractivity contribution in [3.05, 3.63) is 29.6 Å². The van der Waals surface area contributed by atoms with Crippen molar-refractivity contribution in [2.75, 3.05) is 13.6 Å². The van der Waals surface area contributed by atoms with Crippen molar-refractivity contribution in [3.63, 3.8) is 0 Å². The molecule has 1 atom stereocenters. The Bertz CT molecular complexity index is 439. The summed E-state index contributed by atoms with van der Waals surface area (Å²) in [6.07, 6.45) is -0.725. The van der Waals surface area contributed by atoms with E-state index in [4.69, 9.17) is 24.9 Å². The maximum Gasteiger partial charge on any atom is 0.414 e. The Morgan fingerprint density at radius 2 is 1.84 bits per heavy atom. The summed E-state index contributed by atoms with van der Waals surface area (Å²) in [6, 6.07) is 3.79. The van der Waals surface area contributed by atoms with Crippen LogP contribution in [-0.4, -0.2) is 46.0 Å². The molecular weight excluding hydrogens is 261 g/mol. The number of rotatable bonds is 3. The van der Waals surface area contributed by atoms with Crippen LogP contribution in [0.25, 0.3) is 0 Å². The second-order valence-corrected chi connectivity index (χ2v) is 3.39. The van der Waals surface area contributed by atoms with Crippen LogP contribution < -0.4 is 5.32 Å². The van der Waals surface area contributed by atoms with Gasteiger partial charge in [-0.25, -0.2) is 14.0 Å². The second kappa shape index (κ2) is 8.01. The van der Waals surface area contributed by atoms with E-state index in [1.54, 1.807) is 7.05 Å². The molecule has 0 spiro atoms. The molecular formula is C11H14FNO6.